The van der Waals surface area contributed by atoms with Crippen molar-refractivity contribution in [3.8, 4) is 0 Å². The van der Waals surface area contributed by atoms with Crippen LogP contribution in [0.15, 0.2) is 9.98 Å². The van der Waals surface area contributed by atoms with E-state index in [0.29, 0.717) is 0 Å². The highest BCUT2D eigenvalue weighted by Gasteiger charge is 2.05. The molecule has 2 atom stereocenters. The molecule has 2 unspecified atom stereocenters. The molecule has 0 N–H and O–H groups in total. The Hall–Kier alpha value is -0.740. The van der Waals surface area contributed by atoms with Crippen LogP contribution in [-0.2, 0) is 9.47 Å². The fraction of sp³-hybridized carbons (Fsp3) is 0.895. The molecule has 23 heavy (non-hydrogen) atoms. The molecular weight excluding hydrogens is 288 g/mol. The van der Waals surface area contributed by atoms with Crippen molar-refractivity contribution >= 4 is 11.4 Å². The third kappa shape index (κ3) is 12.4. The predicted octanol–water partition coefficient (Wildman–Crippen LogP) is 4.71. The van der Waals surface area contributed by atoms with Gasteiger partial charge in [-0.2, -0.15) is 0 Å². The van der Waals surface area contributed by atoms with E-state index in [1.165, 1.54) is 17.8 Å². The quantitative estimate of drug-likeness (QED) is 0.343. The van der Waals surface area contributed by atoms with Gasteiger partial charge in [0.05, 0.1) is 12.2 Å². The smallest absolute Gasteiger partial charge is 0.0595 e. The van der Waals surface area contributed by atoms with Crippen LogP contribution in [0.25, 0.3) is 0 Å². The molecule has 0 radical (unpaired) electrons. The van der Waals surface area contributed by atoms with Crippen molar-refractivity contribution in [3.05, 3.63) is 0 Å². The summed E-state index contributed by atoms with van der Waals surface area (Å²) in [6.45, 7) is 10.4. The van der Waals surface area contributed by atoms with Gasteiger partial charge in [-0.05, 0) is 46.0 Å². The molecule has 0 saturated carbocycles. The van der Waals surface area contributed by atoms with Crippen molar-refractivity contribution in [3.63, 3.8) is 0 Å². The SMILES string of the molecule is CCC(CC(C)OC)=NCCCCCN=C(CC)CC(C)OC. The van der Waals surface area contributed by atoms with Crippen LogP contribution in [-0.4, -0.2) is 50.9 Å². The molecule has 0 rings (SSSR count). The summed E-state index contributed by atoms with van der Waals surface area (Å²) in [5.41, 5.74) is 2.55. The van der Waals surface area contributed by atoms with E-state index in [2.05, 4.69) is 27.7 Å². The molecular formula is C19H38N2O2. The number of nitrogens with zero attached hydrogens (tertiary/aromatic N) is 2. The van der Waals surface area contributed by atoms with E-state index in [0.717, 1.165) is 51.6 Å². The van der Waals surface area contributed by atoms with E-state index >= 15 is 0 Å². The standard InChI is InChI=1S/C19H38N2O2/c1-7-18(14-16(3)22-5)20-12-10-9-11-13-21-19(8-2)15-17(4)23-6/h16-17H,7-15H2,1-6H3. The Labute approximate surface area is 143 Å². The molecule has 4 nitrogen and oxygen atoms in total. The zero-order valence-electron chi connectivity index (χ0n) is 16.2. The number of methoxy groups -OCH3 is 2. The van der Waals surface area contributed by atoms with Crippen molar-refractivity contribution < 1.29 is 9.47 Å². The summed E-state index contributed by atoms with van der Waals surface area (Å²) in [6, 6.07) is 0. The van der Waals surface area contributed by atoms with E-state index in [4.69, 9.17) is 19.5 Å². The van der Waals surface area contributed by atoms with Gasteiger partial charge in [0.1, 0.15) is 0 Å². The predicted molar refractivity (Wildman–Crippen MR) is 101 cm³/mol. The number of hydrogen-bond donors (Lipinski definition) is 0. The van der Waals surface area contributed by atoms with Crippen molar-refractivity contribution in [1.29, 1.82) is 0 Å². The van der Waals surface area contributed by atoms with Crippen LogP contribution in [0.5, 0.6) is 0 Å². The molecule has 0 aromatic carbocycles. The average molecular weight is 327 g/mol. The van der Waals surface area contributed by atoms with Crippen LogP contribution in [0, 0.1) is 0 Å². The van der Waals surface area contributed by atoms with Crippen molar-refractivity contribution in [2.24, 2.45) is 9.98 Å². The third-order valence-electron chi connectivity index (χ3n) is 4.15. The van der Waals surface area contributed by atoms with E-state index < -0.39 is 0 Å². The minimum atomic E-state index is 0.269. The third-order valence-corrected chi connectivity index (χ3v) is 4.15. The lowest BCUT2D eigenvalue weighted by atomic mass is 10.1. The van der Waals surface area contributed by atoms with E-state index in [9.17, 15) is 0 Å². The van der Waals surface area contributed by atoms with Gasteiger partial charge in [0.25, 0.3) is 0 Å². The maximum Gasteiger partial charge on any atom is 0.0595 e. The minimum absolute atomic E-state index is 0.269. The van der Waals surface area contributed by atoms with Crippen LogP contribution in [0.1, 0.15) is 72.6 Å². The Bertz CT molecular complexity index is 308. The number of hydrogen-bond acceptors (Lipinski definition) is 4. The Balaban J connectivity index is 3.90. The van der Waals surface area contributed by atoms with Crippen molar-refractivity contribution in [1.82, 2.24) is 0 Å². The molecule has 0 spiro atoms. The molecule has 0 aromatic heterocycles. The fourth-order valence-electron chi connectivity index (χ4n) is 2.35. The maximum atomic E-state index is 5.31. The second kappa shape index (κ2) is 14.8. The molecule has 0 saturated heterocycles. The number of rotatable bonds is 14. The summed E-state index contributed by atoms with van der Waals surface area (Å²) in [5, 5.41) is 0. The maximum absolute atomic E-state index is 5.31. The second-order valence-corrected chi connectivity index (χ2v) is 6.16. The number of unbranched alkanes of at least 4 members (excludes halogenated alkanes) is 2. The zero-order valence-corrected chi connectivity index (χ0v) is 16.2. The fourth-order valence-corrected chi connectivity index (χ4v) is 2.35. The molecule has 0 aliphatic carbocycles. The Morgan fingerprint density at radius 2 is 1.13 bits per heavy atom. The molecule has 136 valence electrons. The summed E-state index contributed by atoms with van der Waals surface area (Å²) in [4.78, 5) is 9.43. The lowest BCUT2D eigenvalue weighted by molar-refractivity contribution is 0.124. The van der Waals surface area contributed by atoms with Crippen LogP contribution in [0.3, 0.4) is 0 Å². The normalized spacial score (nSPS) is 15.7. The average Bonchev–Trinajstić information content (AvgIpc) is 2.57. The van der Waals surface area contributed by atoms with Crippen LogP contribution in [0.4, 0.5) is 0 Å². The van der Waals surface area contributed by atoms with Crippen LogP contribution < -0.4 is 0 Å². The summed E-state index contributed by atoms with van der Waals surface area (Å²) < 4.78 is 10.6. The zero-order chi connectivity index (χ0) is 17.5. The van der Waals surface area contributed by atoms with Crippen LogP contribution >= 0.6 is 0 Å². The lowest BCUT2D eigenvalue weighted by Gasteiger charge is -2.11. The summed E-state index contributed by atoms with van der Waals surface area (Å²) in [6.07, 6.45) is 7.98. The topological polar surface area (TPSA) is 43.2 Å². The summed E-state index contributed by atoms with van der Waals surface area (Å²) >= 11 is 0. The monoisotopic (exact) mass is 326 g/mol. The number of aliphatic imine (C=N–C) groups is 2. The van der Waals surface area contributed by atoms with Gasteiger partial charge in [-0.25, -0.2) is 0 Å². The van der Waals surface area contributed by atoms with Gasteiger partial charge in [-0.15, -0.1) is 0 Å². The highest BCUT2D eigenvalue weighted by atomic mass is 16.5. The molecule has 0 aliphatic heterocycles. The van der Waals surface area contributed by atoms with Crippen LogP contribution in [0.2, 0.25) is 0 Å². The van der Waals surface area contributed by atoms with Crippen molar-refractivity contribution in [2.75, 3.05) is 27.3 Å². The first-order valence-corrected chi connectivity index (χ1v) is 9.17. The number of ether oxygens (including phenoxy) is 2. The molecule has 0 amide bonds. The molecule has 0 fully saturated rings. The van der Waals surface area contributed by atoms with Crippen molar-refractivity contribution in [2.45, 2.75) is 84.8 Å². The lowest BCUT2D eigenvalue weighted by Crippen LogP contribution is -2.12. The molecule has 0 aliphatic rings. The summed E-state index contributed by atoms with van der Waals surface area (Å²) in [7, 11) is 3.52. The van der Waals surface area contributed by atoms with Gasteiger partial charge in [-0.1, -0.05) is 13.8 Å². The minimum Gasteiger partial charge on any atom is -0.381 e. The largest absolute Gasteiger partial charge is 0.381 e. The first-order valence-electron chi connectivity index (χ1n) is 9.17. The Morgan fingerprint density at radius 1 is 0.739 bits per heavy atom. The van der Waals surface area contributed by atoms with Gasteiger partial charge in [0, 0.05) is 51.6 Å². The van der Waals surface area contributed by atoms with Gasteiger partial charge < -0.3 is 9.47 Å². The first kappa shape index (κ1) is 22.3. The molecule has 0 bridgehead atoms. The van der Waals surface area contributed by atoms with Gasteiger partial charge in [0.2, 0.25) is 0 Å². The highest BCUT2D eigenvalue weighted by Crippen LogP contribution is 2.05. The van der Waals surface area contributed by atoms with Gasteiger partial charge in [0.15, 0.2) is 0 Å². The Morgan fingerprint density at radius 3 is 1.43 bits per heavy atom. The Kier molecular flexibility index (Phi) is 14.4. The molecule has 0 aromatic rings. The van der Waals surface area contributed by atoms with E-state index in [-0.39, 0.29) is 12.2 Å². The van der Waals surface area contributed by atoms with Gasteiger partial charge in [-0.3, -0.25) is 9.98 Å². The second-order valence-electron chi connectivity index (χ2n) is 6.16. The van der Waals surface area contributed by atoms with E-state index in [1.807, 2.05) is 0 Å². The summed E-state index contributed by atoms with van der Waals surface area (Å²) in [5.74, 6) is 0. The molecule has 4 heteroatoms. The highest BCUT2D eigenvalue weighted by molar-refractivity contribution is 5.85. The van der Waals surface area contributed by atoms with E-state index in [1.54, 1.807) is 14.2 Å². The molecule has 0 heterocycles. The first-order chi connectivity index (χ1) is 11.1. The van der Waals surface area contributed by atoms with Gasteiger partial charge >= 0.3 is 0 Å².